The zero-order valence-electron chi connectivity index (χ0n) is 17.4. The molecule has 1 aliphatic rings. The van der Waals surface area contributed by atoms with Crippen molar-refractivity contribution in [2.24, 2.45) is 5.16 Å². The highest BCUT2D eigenvalue weighted by atomic mass is 16.6. The smallest absolute Gasteiger partial charge is 0.203 e. The molecule has 2 aromatic rings. The van der Waals surface area contributed by atoms with Gasteiger partial charge in [0.2, 0.25) is 11.5 Å². The van der Waals surface area contributed by atoms with Gasteiger partial charge in [-0.1, -0.05) is 5.16 Å². The molecule has 2 aromatic carbocycles. The SMILES string of the molecule is COc1cc(C2=NOC(c3cc(OC)c(OC)c(OC)c3)C2)cc(OC)c1OC. The average molecular weight is 403 g/mol. The molecule has 8 heteroatoms. The number of benzene rings is 2. The van der Waals surface area contributed by atoms with Crippen molar-refractivity contribution in [2.45, 2.75) is 12.5 Å². The summed E-state index contributed by atoms with van der Waals surface area (Å²) in [5.74, 6) is 3.29. The van der Waals surface area contributed by atoms with Crippen LogP contribution >= 0.6 is 0 Å². The Morgan fingerprint density at radius 3 is 1.55 bits per heavy atom. The van der Waals surface area contributed by atoms with Crippen LogP contribution in [0, 0.1) is 0 Å². The molecule has 0 radical (unpaired) electrons. The Bertz CT molecular complexity index is 860. The van der Waals surface area contributed by atoms with E-state index in [4.69, 9.17) is 33.3 Å². The van der Waals surface area contributed by atoms with Gasteiger partial charge < -0.3 is 33.3 Å². The molecule has 156 valence electrons. The van der Waals surface area contributed by atoms with Gasteiger partial charge in [0.05, 0.1) is 48.4 Å². The van der Waals surface area contributed by atoms with E-state index >= 15 is 0 Å². The van der Waals surface area contributed by atoms with Crippen molar-refractivity contribution in [3.05, 3.63) is 35.4 Å². The van der Waals surface area contributed by atoms with Gasteiger partial charge in [-0.3, -0.25) is 0 Å². The summed E-state index contributed by atoms with van der Waals surface area (Å²) >= 11 is 0. The van der Waals surface area contributed by atoms with Crippen LogP contribution in [0.25, 0.3) is 0 Å². The first-order valence-electron chi connectivity index (χ1n) is 8.93. The third kappa shape index (κ3) is 3.83. The molecule has 0 fully saturated rings. The Labute approximate surface area is 169 Å². The monoisotopic (exact) mass is 403 g/mol. The van der Waals surface area contributed by atoms with Crippen LogP contribution in [0.15, 0.2) is 29.4 Å². The molecule has 0 bridgehead atoms. The molecule has 0 N–H and O–H groups in total. The molecule has 29 heavy (non-hydrogen) atoms. The largest absolute Gasteiger partial charge is 0.493 e. The molecule has 1 heterocycles. The molecule has 0 saturated carbocycles. The molecule has 0 saturated heterocycles. The molecule has 0 aromatic heterocycles. The molecular weight excluding hydrogens is 378 g/mol. The summed E-state index contributed by atoms with van der Waals surface area (Å²) in [4.78, 5) is 5.71. The third-order valence-corrected chi connectivity index (χ3v) is 4.73. The van der Waals surface area contributed by atoms with Crippen LogP contribution < -0.4 is 28.4 Å². The second-order valence-corrected chi connectivity index (χ2v) is 6.21. The van der Waals surface area contributed by atoms with Crippen LogP contribution in [0.3, 0.4) is 0 Å². The summed E-state index contributed by atoms with van der Waals surface area (Å²) in [6.45, 7) is 0. The van der Waals surface area contributed by atoms with E-state index < -0.39 is 0 Å². The molecule has 1 atom stereocenters. The Morgan fingerprint density at radius 1 is 0.690 bits per heavy atom. The Balaban J connectivity index is 1.91. The lowest BCUT2D eigenvalue weighted by molar-refractivity contribution is 0.0853. The Kier molecular flexibility index (Phi) is 6.21. The molecule has 3 rings (SSSR count). The predicted molar refractivity (Wildman–Crippen MR) is 107 cm³/mol. The third-order valence-electron chi connectivity index (χ3n) is 4.73. The highest BCUT2D eigenvalue weighted by molar-refractivity contribution is 6.02. The van der Waals surface area contributed by atoms with Crippen molar-refractivity contribution in [3.8, 4) is 34.5 Å². The second-order valence-electron chi connectivity index (χ2n) is 6.21. The average Bonchev–Trinajstić information content (AvgIpc) is 3.27. The fourth-order valence-corrected chi connectivity index (χ4v) is 3.26. The summed E-state index contributed by atoms with van der Waals surface area (Å²) in [6, 6.07) is 7.42. The van der Waals surface area contributed by atoms with Gasteiger partial charge in [-0.05, 0) is 24.3 Å². The first-order chi connectivity index (χ1) is 14.1. The van der Waals surface area contributed by atoms with Gasteiger partial charge in [0, 0.05) is 17.5 Å². The van der Waals surface area contributed by atoms with E-state index in [1.807, 2.05) is 24.3 Å². The Morgan fingerprint density at radius 2 is 1.14 bits per heavy atom. The van der Waals surface area contributed by atoms with Crippen molar-refractivity contribution in [1.82, 2.24) is 0 Å². The molecule has 1 unspecified atom stereocenters. The number of hydrogen-bond donors (Lipinski definition) is 0. The highest BCUT2D eigenvalue weighted by Gasteiger charge is 2.28. The van der Waals surface area contributed by atoms with E-state index in [-0.39, 0.29) is 6.10 Å². The molecule has 8 nitrogen and oxygen atoms in total. The zero-order chi connectivity index (χ0) is 21.0. The first-order valence-corrected chi connectivity index (χ1v) is 8.93. The van der Waals surface area contributed by atoms with Gasteiger partial charge in [0.15, 0.2) is 29.1 Å². The number of ether oxygens (including phenoxy) is 6. The van der Waals surface area contributed by atoms with E-state index in [1.165, 1.54) is 0 Å². The maximum atomic E-state index is 5.71. The zero-order valence-corrected chi connectivity index (χ0v) is 17.4. The van der Waals surface area contributed by atoms with Gasteiger partial charge in [-0.15, -0.1) is 0 Å². The van der Waals surface area contributed by atoms with Crippen LogP contribution in [0.1, 0.15) is 23.7 Å². The van der Waals surface area contributed by atoms with E-state index in [2.05, 4.69) is 5.16 Å². The minimum absolute atomic E-state index is 0.294. The van der Waals surface area contributed by atoms with E-state index in [0.717, 1.165) is 16.8 Å². The van der Waals surface area contributed by atoms with Gasteiger partial charge in [0.25, 0.3) is 0 Å². The summed E-state index contributed by atoms with van der Waals surface area (Å²) in [5, 5.41) is 4.28. The highest BCUT2D eigenvalue weighted by Crippen LogP contribution is 2.43. The quantitative estimate of drug-likeness (QED) is 0.666. The normalized spacial score (nSPS) is 15.2. The molecule has 0 amide bonds. The molecule has 0 aliphatic carbocycles. The van der Waals surface area contributed by atoms with Crippen molar-refractivity contribution < 1.29 is 33.3 Å². The fraction of sp³-hybridized carbons (Fsp3) is 0.381. The summed E-state index contributed by atoms with van der Waals surface area (Å²) in [7, 11) is 9.44. The van der Waals surface area contributed by atoms with Crippen LogP contribution in [0.4, 0.5) is 0 Å². The molecule has 1 aliphatic heterocycles. The maximum absolute atomic E-state index is 5.71. The van der Waals surface area contributed by atoms with Crippen molar-refractivity contribution >= 4 is 5.71 Å². The number of oxime groups is 1. The minimum atomic E-state index is -0.294. The lowest BCUT2D eigenvalue weighted by Gasteiger charge is -2.16. The van der Waals surface area contributed by atoms with Crippen LogP contribution in [-0.4, -0.2) is 48.4 Å². The minimum Gasteiger partial charge on any atom is -0.493 e. The van der Waals surface area contributed by atoms with Crippen molar-refractivity contribution in [1.29, 1.82) is 0 Å². The Hall–Kier alpha value is -3.29. The van der Waals surface area contributed by atoms with E-state index in [9.17, 15) is 0 Å². The summed E-state index contributed by atoms with van der Waals surface area (Å²) in [5.41, 5.74) is 2.46. The van der Waals surface area contributed by atoms with E-state index in [0.29, 0.717) is 40.9 Å². The van der Waals surface area contributed by atoms with Crippen LogP contribution in [-0.2, 0) is 4.84 Å². The first kappa shape index (κ1) is 20.4. The van der Waals surface area contributed by atoms with Gasteiger partial charge in [0.1, 0.15) is 0 Å². The predicted octanol–water partition coefficient (Wildman–Crippen LogP) is 3.60. The van der Waals surface area contributed by atoms with Crippen molar-refractivity contribution in [2.75, 3.05) is 42.7 Å². The topological polar surface area (TPSA) is 77.0 Å². The fourth-order valence-electron chi connectivity index (χ4n) is 3.26. The lowest BCUT2D eigenvalue weighted by atomic mass is 9.99. The summed E-state index contributed by atoms with van der Waals surface area (Å²) < 4.78 is 32.5. The van der Waals surface area contributed by atoms with Crippen LogP contribution in [0.5, 0.6) is 34.5 Å². The van der Waals surface area contributed by atoms with E-state index in [1.54, 1.807) is 42.7 Å². The number of methoxy groups -OCH3 is 6. The van der Waals surface area contributed by atoms with Gasteiger partial charge in [-0.2, -0.15) is 0 Å². The number of rotatable bonds is 8. The molecule has 0 spiro atoms. The van der Waals surface area contributed by atoms with Gasteiger partial charge >= 0.3 is 0 Å². The second kappa shape index (κ2) is 8.81. The van der Waals surface area contributed by atoms with Gasteiger partial charge in [-0.25, -0.2) is 0 Å². The number of hydrogen-bond acceptors (Lipinski definition) is 8. The lowest BCUT2D eigenvalue weighted by Crippen LogP contribution is -2.05. The van der Waals surface area contributed by atoms with Crippen molar-refractivity contribution in [3.63, 3.8) is 0 Å². The number of nitrogens with zero attached hydrogens (tertiary/aromatic N) is 1. The summed E-state index contributed by atoms with van der Waals surface area (Å²) in [6.07, 6.45) is 0.259. The standard InChI is InChI=1S/C21H25NO7/c1-23-16-7-12(8-17(24-2)20(16)27-5)14-11-15(29-22-14)13-9-18(25-3)21(28-6)19(10-13)26-4/h7-10,15H,11H2,1-6H3. The van der Waals surface area contributed by atoms with Crippen LogP contribution in [0.2, 0.25) is 0 Å². The maximum Gasteiger partial charge on any atom is 0.203 e. The molecular formula is C21H25NO7.